The van der Waals surface area contributed by atoms with Crippen LogP contribution in [0.3, 0.4) is 0 Å². The Balaban J connectivity index is 1.69. The van der Waals surface area contributed by atoms with Crippen LogP contribution in [0.1, 0.15) is 0 Å². The SMILES string of the molecule is C=CC(=O)Nc1ccccc1Nc1ncc2c[n+](-c3cc(OC)cc(OC)c3)c(N)nc2n1. The van der Waals surface area contributed by atoms with E-state index in [-0.39, 0.29) is 11.9 Å². The highest BCUT2D eigenvalue weighted by molar-refractivity contribution is 6.01. The van der Waals surface area contributed by atoms with Crippen LogP contribution in [0.15, 0.2) is 67.5 Å². The van der Waals surface area contributed by atoms with Gasteiger partial charge in [-0.2, -0.15) is 4.98 Å². The molecule has 0 spiro atoms. The third kappa shape index (κ3) is 4.64. The number of fused-ring (bicyclic) bond motifs is 1. The molecule has 2 heterocycles. The van der Waals surface area contributed by atoms with E-state index in [0.29, 0.717) is 45.5 Å². The van der Waals surface area contributed by atoms with Gasteiger partial charge in [0.2, 0.25) is 17.5 Å². The molecule has 4 rings (SSSR count). The number of carbonyl (C=O) groups is 1. The van der Waals surface area contributed by atoms with Gasteiger partial charge < -0.3 is 20.1 Å². The number of methoxy groups -OCH3 is 2. The fraction of sp³-hybridized carbons (Fsp3) is 0.0870. The Morgan fingerprint density at radius 1 is 1.09 bits per heavy atom. The van der Waals surface area contributed by atoms with Crippen molar-refractivity contribution in [3.8, 4) is 17.2 Å². The monoisotopic (exact) mass is 444 g/mol. The summed E-state index contributed by atoms with van der Waals surface area (Å²) in [5, 5.41) is 6.51. The van der Waals surface area contributed by atoms with Gasteiger partial charge in [-0.15, -0.1) is 0 Å². The van der Waals surface area contributed by atoms with Crippen LogP contribution in [-0.2, 0) is 4.79 Å². The third-order valence-corrected chi connectivity index (χ3v) is 4.76. The summed E-state index contributed by atoms with van der Waals surface area (Å²) in [6.45, 7) is 3.47. The maximum Gasteiger partial charge on any atom is 0.396 e. The van der Waals surface area contributed by atoms with Crippen molar-refractivity contribution in [2.75, 3.05) is 30.6 Å². The van der Waals surface area contributed by atoms with E-state index in [0.717, 1.165) is 0 Å². The number of para-hydroxylation sites is 2. The normalized spacial score (nSPS) is 10.5. The molecule has 0 saturated carbocycles. The van der Waals surface area contributed by atoms with Crippen molar-refractivity contribution in [1.29, 1.82) is 0 Å². The minimum Gasteiger partial charge on any atom is -0.496 e. The van der Waals surface area contributed by atoms with Gasteiger partial charge in [0, 0.05) is 24.4 Å². The van der Waals surface area contributed by atoms with Crippen LogP contribution < -0.4 is 30.4 Å². The molecule has 10 heteroatoms. The van der Waals surface area contributed by atoms with Crippen LogP contribution in [0.25, 0.3) is 16.7 Å². The summed E-state index contributed by atoms with van der Waals surface area (Å²) in [5.74, 6) is 1.44. The Morgan fingerprint density at radius 2 is 1.79 bits per heavy atom. The number of anilines is 4. The zero-order valence-corrected chi connectivity index (χ0v) is 18.1. The van der Waals surface area contributed by atoms with Crippen LogP contribution in [0, 0.1) is 0 Å². The second-order valence-electron chi connectivity index (χ2n) is 6.88. The molecule has 4 aromatic rings. The maximum atomic E-state index is 11.7. The molecule has 0 aliphatic carbocycles. The number of hydrogen-bond donors (Lipinski definition) is 3. The van der Waals surface area contributed by atoms with E-state index in [1.54, 1.807) is 55.4 Å². The molecule has 0 aliphatic heterocycles. The van der Waals surface area contributed by atoms with E-state index in [1.165, 1.54) is 6.08 Å². The minimum atomic E-state index is -0.322. The summed E-state index contributed by atoms with van der Waals surface area (Å²) in [6, 6.07) is 12.6. The molecule has 1 amide bonds. The predicted octanol–water partition coefficient (Wildman–Crippen LogP) is 2.77. The quantitative estimate of drug-likeness (QED) is 0.293. The Kier molecular flexibility index (Phi) is 5.98. The summed E-state index contributed by atoms with van der Waals surface area (Å²) in [5.41, 5.74) is 8.54. The van der Waals surface area contributed by atoms with Crippen LogP contribution in [-0.4, -0.2) is 35.1 Å². The van der Waals surface area contributed by atoms with Crippen LogP contribution in [0.4, 0.5) is 23.3 Å². The van der Waals surface area contributed by atoms with Gasteiger partial charge in [0.25, 0.3) is 0 Å². The fourth-order valence-corrected chi connectivity index (χ4v) is 3.13. The van der Waals surface area contributed by atoms with Gasteiger partial charge in [-0.25, -0.2) is 9.55 Å². The smallest absolute Gasteiger partial charge is 0.396 e. The number of nitrogens with zero attached hydrogens (tertiary/aromatic N) is 4. The first-order valence-electron chi connectivity index (χ1n) is 9.88. The van der Waals surface area contributed by atoms with E-state index in [1.807, 2.05) is 18.2 Å². The molecule has 0 fully saturated rings. The van der Waals surface area contributed by atoms with Crippen molar-refractivity contribution in [3.63, 3.8) is 0 Å². The van der Waals surface area contributed by atoms with E-state index >= 15 is 0 Å². The van der Waals surface area contributed by atoms with Crippen LogP contribution >= 0.6 is 0 Å². The van der Waals surface area contributed by atoms with E-state index in [9.17, 15) is 4.79 Å². The van der Waals surface area contributed by atoms with Crippen LogP contribution in [0.2, 0.25) is 0 Å². The highest BCUT2D eigenvalue weighted by Gasteiger charge is 2.17. The largest absolute Gasteiger partial charge is 0.496 e. The average molecular weight is 444 g/mol. The summed E-state index contributed by atoms with van der Waals surface area (Å²) < 4.78 is 12.4. The van der Waals surface area contributed by atoms with Gasteiger partial charge in [-0.3, -0.25) is 10.5 Å². The first kappa shape index (κ1) is 21.5. The molecule has 0 atom stereocenters. The highest BCUT2D eigenvalue weighted by atomic mass is 16.5. The van der Waals surface area contributed by atoms with E-state index in [2.05, 4.69) is 32.2 Å². The molecule has 4 N–H and O–H groups in total. The summed E-state index contributed by atoms with van der Waals surface area (Å²) in [7, 11) is 3.16. The minimum absolute atomic E-state index is 0.223. The Morgan fingerprint density at radius 3 is 2.45 bits per heavy atom. The third-order valence-electron chi connectivity index (χ3n) is 4.76. The summed E-state index contributed by atoms with van der Waals surface area (Å²) in [4.78, 5) is 25.0. The number of amides is 1. The predicted molar refractivity (Wildman–Crippen MR) is 125 cm³/mol. The number of rotatable bonds is 7. The van der Waals surface area contributed by atoms with Gasteiger partial charge in [-0.1, -0.05) is 23.7 Å². The molecule has 0 bridgehead atoms. The number of benzene rings is 2. The zero-order valence-electron chi connectivity index (χ0n) is 18.1. The molecule has 33 heavy (non-hydrogen) atoms. The molecule has 0 aliphatic rings. The number of nitrogens with one attached hydrogen (secondary N) is 2. The topological polar surface area (TPSA) is 128 Å². The molecule has 0 unspecified atom stereocenters. The van der Waals surface area contributed by atoms with Crippen molar-refractivity contribution < 1.29 is 18.8 Å². The van der Waals surface area contributed by atoms with Gasteiger partial charge in [-0.05, 0) is 18.2 Å². The van der Waals surface area contributed by atoms with E-state index < -0.39 is 0 Å². The second-order valence-corrected chi connectivity index (χ2v) is 6.88. The first-order chi connectivity index (χ1) is 16.0. The molecule has 10 nitrogen and oxygen atoms in total. The van der Waals surface area contributed by atoms with Crippen molar-refractivity contribution >= 4 is 40.2 Å². The number of nitrogen functional groups attached to an aromatic ring is 1. The molecular formula is C23H22N7O3+. The number of carbonyl (C=O) groups excluding carboxylic acids is 1. The number of hydrogen-bond acceptors (Lipinski definition) is 8. The average Bonchev–Trinajstić information content (AvgIpc) is 2.84. The summed E-state index contributed by atoms with van der Waals surface area (Å²) in [6.07, 6.45) is 4.62. The van der Waals surface area contributed by atoms with Gasteiger partial charge in [0.05, 0.1) is 37.2 Å². The number of aromatic nitrogens is 4. The molecule has 0 radical (unpaired) electrons. The zero-order chi connectivity index (χ0) is 23.4. The summed E-state index contributed by atoms with van der Waals surface area (Å²) >= 11 is 0. The van der Waals surface area contributed by atoms with Crippen molar-refractivity contribution in [3.05, 3.63) is 67.5 Å². The maximum absolute atomic E-state index is 11.7. The van der Waals surface area contributed by atoms with Crippen molar-refractivity contribution in [1.82, 2.24) is 15.0 Å². The highest BCUT2D eigenvalue weighted by Crippen LogP contribution is 2.25. The van der Waals surface area contributed by atoms with Gasteiger partial charge in [0.15, 0.2) is 0 Å². The lowest BCUT2D eigenvalue weighted by atomic mass is 10.2. The lowest BCUT2D eigenvalue weighted by Gasteiger charge is -2.11. The van der Waals surface area contributed by atoms with Gasteiger partial charge in [0.1, 0.15) is 17.2 Å². The lowest BCUT2D eigenvalue weighted by molar-refractivity contribution is -0.581. The van der Waals surface area contributed by atoms with Gasteiger partial charge >= 0.3 is 5.95 Å². The second kappa shape index (κ2) is 9.18. The number of nitrogens with two attached hydrogens (primary N) is 1. The molecule has 2 aromatic heterocycles. The first-order valence-corrected chi connectivity index (χ1v) is 9.88. The molecule has 2 aromatic carbocycles. The molecular weight excluding hydrogens is 422 g/mol. The Hall–Kier alpha value is -4.73. The van der Waals surface area contributed by atoms with Crippen molar-refractivity contribution in [2.45, 2.75) is 0 Å². The lowest BCUT2D eigenvalue weighted by Crippen LogP contribution is -2.35. The molecule has 0 saturated heterocycles. The van der Waals surface area contributed by atoms with Crippen molar-refractivity contribution in [2.24, 2.45) is 0 Å². The molecule has 166 valence electrons. The standard InChI is InChI=1S/C23H21N7O3/c1-4-20(31)26-18-7-5-6-8-19(18)27-23-25-12-14-13-30(22(24)28-21(14)29-23)15-9-16(32-2)11-17(10-15)33-3/h4-13H,1H2,2-3H3,(H3,24,26,27,28,29,31)/p+1. The van der Waals surface area contributed by atoms with Crippen LogP contribution in [0.5, 0.6) is 11.5 Å². The Labute approximate surface area is 189 Å². The fourth-order valence-electron chi connectivity index (χ4n) is 3.13. The Bertz CT molecular complexity index is 1340. The van der Waals surface area contributed by atoms with E-state index in [4.69, 9.17) is 15.2 Å². The number of ether oxygens (including phenoxy) is 2.